The largest absolute Gasteiger partial charge is 0.325 e. The lowest BCUT2D eigenvalue weighted by Crippen LogP contribution is -2.17. The monoisotopic (exact) mass is 252 g/mol. The van der Waals surface area contributed by atoms with Crippen LogP contribution in [-0.2, 0) is 0 Å². The van der Waals surface area contributed by atoms with Crippen LogP contribution in [0.15, 0.2) is 15.3 Å². The van der Waals surface area contributed by atoms with Crippen molar-refractivity contribution in [1.29, 1.82) is 5.26 Å². The van der Waals surface area contributed by atoms with Crippen molar-refractivity contribution >= 4 is 15.9 Å². The fourth-order valence-electron chi connectivity index (χ4n) is 1.58. The number of nitrogens with one attached hydrogen (secondary N) is 1. The summed E-state index contributed by atoms with van der Waals surface area (Å²) in [4.78, 5) is 14.2. The second-order valence-electron chi connectivity index (χ2n) is 3.52. The van der Waals surface area contributed by atoms with Crippen LogP contribution in [0.2, 0.25) is 0 Å². The number of nitriles is 1. The normalized spacial score (nSPS) is 16.0. The van der Waals surface area contributed by atoms with Gasteiger partial charge in [0.05, 0.1) is 5.56 Å². The molecule has 2 rings (SSSR count). The van der Waals surface area contributed by atoms with Crippen LogP contribution in [0.4, 0.5) is 0 Å². The van der Waals surface area contributed by atoms with Crippen LogP contribution < -0.4 is 5.56 Å². The van der Waals surface area contributed by atoms with E-state index in [1.54, 1.807) is 6.07 Å². The van der Waals surface area contributed by atoms with E-state index in [0.717, 1.165) is 18.5 Å². The third-order valence-electron chi connectivity index (χ3n) is 2.66. The molecule has 3 nitrogen and oxygen atoms in total. The first-order chi connectivity index (χ1) is 6.72. The van der Waals surface area contributed by atoms with Gasteiger partial charge in [0, 0.05) is 5.69 Å². The van der Waals surface area contributed by atoms with Gasteiger partial charge in [-0.25, -0.2) is 0 Å². The number of H-pyrrole nitrogens is 1. The van der Waals surface area contributed by atoms with Crippen LogP contribution in [0.3, 0.4) is 0 Å². The molecule has 0 radical (unpaired) electrons. The highest BCUT2D eigenvalue weighted by atomic mass is 79.9. The standard InChI is InChI=1S/C10H9BrN2O/c11-9-7(5-12)4-8(13-10(9)14)6-2-1-3-6/h4,6H,1-3H2,(H,13,14). The Balaban J connectivity index is 2.49. The molecule has 1 saturated carbocycles. The molecule has 0 aliphatic heterocycles. The first kappa shape index (κ1) is 9.47. The van der Waals surface area contributed by atoms with E-state index in [-0.39, 0.29) is 5.56 Å². The van der Waals surface area contributed by atoms with Gasteiger partial charge in [0.2, 0.25) is 0 Å². The van der Waals surface area contributed by atoms with Gasteiger partial charge in [0.15, 0.2) is 0 Å². The maximum atomic E-state index is 11.4. The molecule has 1 heterocycles. The zero-order valence-corrected chi connectivity index (χ0v) is 9.10. The fourth-order valence-corrected chi connectivity index (χ4v) is 1.89. The van der Waals surface area contributed by atoms with Crippen LogP contribution >= 0.6 is 15.9 Å². The molecule has 1 aromatic heterocycles. The van der Waals surface area contributed by atoms with Crippen LogP contribution in [0.1, 0.15) is 36.4 Å². The third-order valence-corrected chi connectivity index (χ3v) is 3.45. The molecule has 1 fully saturated rings. The molecule has 72 valence electrons. The Morgan fingerprint density at radius 3 is 2.79 bits per heavy atom. The predicted octanol–water partition coefficient (Wildman–Crippen LogP) is 2.28. The Labute approximate surface area is 89.9 Å². The predicted molar refractivity (Wildman–Crippen MR) is 56.1 cm³/mol. The second kappa shape index (κ2) is 3.58. The summed E-state index contributed by atoms with van der Waals surface area (Å²) in [5, 5.41) is 8.81. The molecule has 0 amide bonds. The zero-order valence-electron chi connectivity index (χ0n) is 7.51. The molecular weight excluding hydrogens is 244 g/mol. The summed E-state index contributed by atoms with van der Waals surface area (Å²) in [6, 6.07) is 3.79. The summed E-state index contributed by atoms with van der Waals surface area (Å²) in [6.07, 6.45) is 3.44. The van der Waals surface area contributed by atoms with Crippen molar-refractivity contribution in [3.63, 3.8) is 0 Å². The Bertz CT molecular complexity index is 454. The van der Waals surface area contributed by atoms with Gasteiger partial charge in [-0.15, -0.1) is 0 Å². The molecule has 4 heteroatoms. The van der Waals surface area contributed by atoms with E-state index in [0.29, 0.717) is 16.0 Å². The minimum absolute atomic E-state index is 0.203. The van der Waals surface area contributed by atoms with Crippen molar-refractivity contribution < 1.29 is 0 Å². The van der Waals surface area contributed by atoms with Crippen molar-refractivity contribution in [2.75, 3.05) is 0 Å². The van der Waals surface area contributed by atoms with Gasteiger partial charge in [0.1, 0.15) is 10.5 Å². The summed E-state index contributed by atoms with van der Waals surface area (Å²) in [7, 11) is 0. The lowest BCUT2D eigenvalue weighted by Gasteiger charge is -2.25. The minimum atomic E-state index is -0.203. The molecule has 0 unspecified atom stereocenters. The number of rotatable bonds is 1. The Morgan fingerprint density at radius 1 is 1.57 bits per heavy atom. The summed E-state index contributed by atoms with van der Waals surface area (Å²) in [5.74, 6) is 0.447. The van der Waals surface area contributed by atoms with E-state index in [1.165, 1.54) is 6.42 Å². The molecule has 1 aliphatic carbocycles. The molecule has 0 atom stereocenters. The summed E-state index contributed by atoms with van der Waals surface area (Å²) < 4.78 is 0.336. The number of nitrogens with zero attached hydrogens (tertiary/aromatic N) is 1. The number of aromatic amines is 1. The SMILES string of the molecule is N#Cc1cc(C2CCC2)[nH]c(=O)c1Br. The van der Waals surface area contributed by atoms with Gasteiger partial charge in [-0.1, -0.05) is 6.42 Å². The zero-order chi connectivity index (χ0) is 10.1. The van der Waals surface area contributed by atoms with Crippen LogP contribution in [0.25, 0.3) is 0 Å². The molecule has 0 spiro atoms. The van der Waals surface area contributed by atoms with Gasteiger partial charge in [-0.05, 0) is 40.8 Å². The highest BCUT2D eigenvalue weighted by Gasteiger charge is 2.21. The third kappa shape index (κ3) is 1.48. The van der Waals surface area contributed by atoms with Gasteiger partial charge >= 0.3 is 0 Å². The van der Waals surface area contributed by atoms with Crippen molar-refractivity contribution in [3.05, 3.63) is 32.2 Å². The second-order valence-corrected chi connectivity index (χ2v) is 4.31. The van der Waals surface area contributed by atoms with Gasteiger partial charge in [-0.2, -0.15) is 5.26 Å². The van der Waals surface area contributed by atoms with E-state index in [1.807, 2.05) is 6.07 Å². The van der Waals surface area contributed by atoms with Crippen LogP contribution in [0.5, 0.6) is 0 Å². The average molecular weight is 253 g/mol. The minimum Gasteiger partial charge on any atom is -0.325 e. The summed E-state index contributed by atoms with van der Waals surface area (Å²) in [5.41, 5.74) is 1.13. The highest BCUT2D eigenvalue weighted by molar-refractivity contribution is 9.10. The maximum absolute atomic E-state index is 11.4. The lowest BCUT2D eigenvalue weighted by molar-refractivity contribution is 0.410. The summed E-state index contributed by atoms with van der Waals surface area (Å²) in [6.45, 7) is 0. The molecule has 1 aliphatic rings. The number of aromatic nitrogens is 1. The van der Waals surface area contributed by atoms with Gasteiger partial charge in [-0.3, -0.25) is 4.79 Å². The van der Waals surface area contributed by atoms with Crippen LogP contribution in [0, 0.1) is 11.3 Å². The molecule has 1 aromatic rings. The Hall–Kier alpha value is -1.08. The molecule has 14 heavy (non-hydrogen) atoms. The van der Waals surface area contributed by atoms with E-state index in [9.17, 15) is 4.79 Å². The summed E-state index contributed by atoms with van der Waals surface area (Å²) >= 11 is 3.10. The fraction of sp³-hybridized carbons (Fsp3) is 0.400. The maximum Gasteiger partial charge on any atom is 0.263 e. The first-order valence-electron chi connectivity index (χ1n) is 4.55. The van der Waals surface area contributed by atoms with Crippen LogP contribution in [-0.4, -0.2) is 4.98 Å². The average Bonchev–Trinajstić information content (AvgIpc) is 2.08. The highest BCUT2D eigenvalue weighted by Crippen LogP contribution is 2.35. The number of pyridine rings is 1. The molecule has 1 N–H and O–H groups in total. The van der Waals surface area contributed by atoms with Crippen molar-refractivity contribution in [2.24, 2.45) is 0 Å². The smallest absolute Gasteiger partial charge is 0.263 e. The Kier molecular flexibility index (Phi) is 2.42. The quantitative estimate of drug-likeness (QED) is 0.834. The number of halogens is 1. The topological polar surface area (TPSA) is 56.6 Å². The van der Waals surface area contributed by atoms with E-state index < -0.39 is 0 Å². The van der Waals surface area contributed by atoms with Crippen molar-refractivity contribution in [1.82, 2.24) is 4.98 Å². The van der Waals surface area contributed by atoms with Crippen molar-refractivity contribution in [3.8, 4) is 6.07 Å². The molecule has 0 saturated heterocycles. The molecule has 0 bridgehead atoms. The lowest BCUT2D eigenvalue weighted by atomic mass is 9.82. The first-order valence-corrected chi connectivity index (χ1v) is 5.34. The molecule has 0 aromatic carbocycles. The van der Waals surface area contributed by atoms with E-state index in [2.05, 4.69) is 20.9 Å². The van der Waals surface area contributed by atoms with E-state index >= 15 is 0 Å². The number of hydrogen-bond acceptors (Lipinski definition) is 2. The van der Waals surface area contributed by atoms with E-state index in [4.69, 9.17) is 5.26 Å². The van der Waals surface area contributed by atoms with Gasteiger partial charge in [0.25, 0.3) is 5.56 Å². The van der Waals surface area contributed by atoms with Crippen molar-refractivity contribution in [2.45, 2.75) is 25.2 Å². The molecular formula is C10H9BrN2O. The van der Waals surface area contributed by atoms with Gasteiger partial charge < -0.3 is 4.98 Å². The number of hydrogen-bond donors (Lipinski definition) is 1. The Morgan fingerprint density at radius 2 is 2.29 bits per heavy atom.